The molecule has 0 unspecified atom stereocenters. The minimum absolute atomic E-state index is 0.237. The Kier molecular flexibility index (Phi) is 3.44. The van der Waals surface area contributed by atoms with Gasteiger partial charge in [0, 0.05) is 28.0 Å². The first-order valence-corrected chi connectivity index (χ1v) is 8.15. The SMILES string of the molecule is Oc1cc(Nc2cccnc2)cc(-c2cccc3sccc23)c1. The zero-order chi connectivity index (χ0) is 15.6. The molecule has 2 heterocycles. The fourth-order valence-electron chi connectivity index (χ4n) is 2.69. The second kappa shape index (κ2) is 5.74. The van der Waals surface area contributed by atoms with Gasteiger partial charge in [-0.15, -0.1) is 11.3 Å². The van der Waals surface area contributed by atoms with Crippen molar-refractivity contribution in [3.8, 4) is 16.9 Å². The summed E-state index contributed by atoms with van der Waals surface area (Å²) in [6.45, 7) is 0. The largest absolute Gasteiger partial charge is 0.508 e. The summed E-state index contributed by atoms with van der Waals surface area (Å²) < 4.78 is 1.24. The molecule has 0 aliphatic carbocycles. The van der Waals surface area contributed by atoms with Gasteiger partial charge >= 0.3 is 0 Å². The van der Waals surface area contributed by atoms with Crippen LogP contribution in [0.3, 0.4) is 0 Å². The molecule has 0 saturated carbocycles. The van der Waals surface area contributed by atoms with E-state index in [4.69, 9.17) is 0 Å². The molecule has 0 aliphatic heterocycles. The van der Waals surface area contributed by atoms with E-state index in [0.29, 0.717) is 0 Å². The van der Waals surface area contributed by atoms with Crippen LogP contribution in [0.2, 0.25) is 0 Å². The molecule has 2 aromatic carbocycles. The highest BCUT2D eigenvalue weighted by atomic mass is 32.1. The third-order valence-electron chi connectivity index (χ3n) is 3.67. The van der Waals surface area contributed by atoms with Gasteiger partial charge < -0.3 is 10.4 Å². The number of aromatic nitrogens is 1. The summed E-state index contributed by atoms with van der Waals surface area (Å²) in [7, 11) is 0. The number of nitrogens with one attached hydrogen (secondary N) is 1. The van der Waals surface area contributed by atoms with Crippen LogP contribution in [0.25, 0.3) is 21.2 Å². The lowest BCUT2D eigenvalue weighted by Crippen LogP contribution is -1.91. The van der Waals surface area contributed by atoms with E-state index in [1.165, 1.54) is 10.1 Å². The van der Waals surface area contributed by atoms with Gasteiger partial charge in [-0.3, -0.25) is 4.98 Å². The number of anilines is 2. The maximum atomic E-state index is 10.1. The van der Waals surface area contributed by atoms with Crippen molar-refractivity contribution >= 4 is 32.8 Å². The summed E-state index contributed by atoms with van der Waals surface area (Å²) in [6, 6.07) is 17.7. The molecule has 2 aromatic heterocycles. The monoisotopic (exact) mass is 318 g/mol. The molecule has 0 bridgehead atoms. The highest BCUT2D eigenvalue weighted by Crippen LogP contribution is 2.35. The Morgan fingerprint density at radius 2 is 1.91 bits per heavy atom. The van der Waals surface area contributed by atoms with Gasteiger partial charge in [-0.1, -0.05) is 12.1 Å². The molecule has 23 heavy (non-hydrogen) atoms. The third-order valence-corrected chi connectivity index (χ3v) is 4.56. The van der Waals surface area contributed by atoms with E-state index in [9.17, 15) is 5.11 Å². The summed E-state index contributed by atoms with van der Waals surface area (Å²) >= 11 is 1.72. The van der Waals surface area contributed by atoms with E-state index in [1.807, 2.05) is 24.3 Å². The quantitative estimate of drug-likeness (QED) is 0.530. The highest BCUT2D eigenvalue weighted by molar-refractivity contribution is 7.17. The molecule has 4 aromatic rings. The number of rotatable bonds is 3. The van der Waals surface area contributed by atoms with Gasteiger partial charge in [-0.05, 0) is 52.9 Å². The Hall–Kier alpha value is -2.85. The van der Waals surface area contributed by atoms with Crippen LogP contribution >= 0.6 is 11.3 Å². The standard InChI is InChI=1S/C19H14N2OS/c22-16-10-13(17-4-1-5-19-18(17)6-8-23-19)9-15(11-16)21-14-3-2-7-20-12-14/h1-12,21-22H. The van der Waals surface area contributed by atoms with E-state index in [-0.39, 0.29) is 5.75 Å². The maximum Gasteiger partial charge on any atom is 0.118 e. The Bertz CT molecular complexity index is 963. The third kappa shape index (κ3) is 2.76. The molecule has 0 saturated heterocycles. The van der Waals surface area contributed by atoms with Crippen molar-refractivity contribution in [2.75, 3.05) is 5.32 Å². The summed E-state index contributed by atoms with van der Waals surface area (Å²) in [5.41, 5.74) is 3.83. The molecule has 0 amide bonds. The fourth-order valence-corrected chi connectivity index (χ4v) is 3.50. The van der Waals surface area contributed by atoms with Crippen molar-refractivity contribution in [2.24, 2.45) is 0 Å². The number of aromatic hydroxyl groups is 1. The van der Waals surface area contributed by atoms with E-state index < -0.39 is 0 Å². The number of phenolic OH excluding ortho intramolecular Hbond substituents is 1. The summed E-state index contributed by atoms with van der Waals surface area (Å²) in [4.78, 5) is 4.09. The summed E-state index contributed by atoms with van der Waals surface area (Å²) in [6.07, 6.45) is 3.49. The average molecular weight is 318 g/mol. The van der Waals surface area contributed by atoms with Crippen LogP contribution in [0.15, 0.2) is 72.4 Å². The lowest BCUT2D eigenvalue weighted by Gasteiger charge is -2.10. The first-order valence-electron chi connectivity index (χ1n) is 7.27. The Morgan fingerprint density at radius 3 is 2.78 bits per heavy atom. The predicted molar refractivity (Wildman–Crippen MR) is 96.4 cm³/mol. The predicted octanol–water partition coefficient (Wildman–Crippen LogP) is 5.41. The summed E-state index contributed by atoms with van der Waals surface area (Å²) in [5, 5.41) is 16.7. The number of phenols is 1. The molecular formula is C19H14N2OS. The first-order chi connectivity index (χ1) is 11.3. The van der Waals surface area contributed by atoms with Gasteiger partial charge in [-0.25, -0.2) is 0 Å². The topological polar surface area (TPSA) is 45.1 Å². The second-order valence-corrected chi connectivity index (χ2v) is 6.22. The van der Waals surface area contributed by atoms with Crippen molar-refractivity contribution in [3.05, 3.63) is 72.4 Å². The highest BCUT2D eigenvalue weighted by Gasteiger charge is 2.07. The van der Waals surface area contributed by atoms with Gasteiger partial charge in [0.15, 0.2) is 0 Å². The molecule has 4 rings (SSSR count). The number of thiophene rings is 1. The smallest absolute Gasteiger partial charge is 0.118 e. The first kappa shape index (κ1) is 13.8. The molecule has 4 heteroatoms. The second-order valence-electron chi connectivity index (χ2n) is 5.27. The lowest BCUT2D eigenvalue weighted by atomic mass is 10.0. The summed E-state index contributed by atoms with van der Waals surface area (Å²) in [5.74, 6) is 0.237. The van der Waals surface area contributed by atoms with Crippen molar-refractivity contribution < 1.29 is 5.11 Å². The van der Waals surface area contributed by atoms with Gasteiger partial charge in [-0.2, -0.15) is 0 Å². The lowest BCUT2D eigenvalue weighted by molar-refractivity contribution is 0.476. The van der Waals surface area contributed by atoms with E-state index in [0.717, 1.165) is 22.5 Å². The molecule has 0 spiro atoms. The Balaban J connectivity index is 1.79. The van der Waals surface area contributed by atoms with Crippen LogP contribution in [0.1, 0.15) is 0 Å². The van der Waals surface area contributed by atoms with E-state index >= 15 is 0 Å². The van der Waals surface area contributed by atoms with Crippen molar-refractivity contribution in [1.82, 2.24) is 4.98 Å². The number of hydrogen-bond donors (Lipinski definition) is 2. The number of benzene rings is 2. The van der Waals surface area contributed by atoms with E-state index in [1.54, 1.807) is 35.9 Å². The molecule has 0 aliphatic rings. The molecular weight excluding hydrogens is 304 g/mol. The Morgan fingerprint density at radius 1 is 0.957 bits per heavy atom. The normalized spacial score (nSPS) is 10.8. The zero-order valence-electron chi connectivity index (χ0n) is 12.2. The molecule has 2 N–H and O–H groups in total. The van der Waals surface area contributed by atoms with Crippen LogP contribution in [-0.4, -0.2) is 10.1 Å². The maximum absolute atomic E-state index is 10.1. The van der Waals surface area contributed by atoms with Gasteiger partial charge in [0.1, 0.15) is 5.75 Å². The van der Waals surface area contributed by atoms with Crippen LogP contribution in [0, 0.1) is 0 Å². The van der Waals surface area contributed by atoms with Crippen LogP contribution in [-0.2, 0) is 0 Å². The van der Waals surface area contributed by atoms with E-state index in [2.05, 4.69) is 33.9 Å². The zero-order valence-corrected chi connectivity index (χ0v) is 13.0. The number of hydrogen-bond acceptors (Lipinski definition) is 4. The van der Waals surface area contributed by atoms with Crippen LogP contribution < -0.4 is 5.32 Å². The molecule has 0 atom stereocenters. The fraction of sp³-hybridized carbons (Fsp3) is 0. The molecule has 0 radical (unpaired) electrons. The van der Waals surface area contributed by atoms with Crippen LogP contribution in [0.5, 0.6) is 5.75 Å². The van der Waals surface area contributed by atoms with Crippen LogP contribution in [0.4, 0.5) is 11.4 Å². The van der Waals surface area contributed by atoms with Crippen molar-refractivity contribution in [1.29, 1.82) is 0 Å². The average Bonchev–Trinajstić information content (AvgIpc) is 3.04. The van der Waals surface area contributed by atoms with Crippen molar-refractivity contribution in [2.45, 2.75) is 0 Å². The number of fused-ring (bicyclic) bond motifs is 1. The number of pyridine rings is 1. The molecule has 112 valence electrons. The minimum Gasteiger partial charge on any atom is -0.508 e. The molecule has 0 fully saturated rings. The number of nitrogens with zero attached hydrogens (tertiary/aromatic N) is 1. The van der Waals surface area contributed by atoms with Gasteiger partial charge in [0.25, 0.3) is 0 Å². The van der Waals surface area contributed by atoms with Gasteiger partial charge in [0.05, 0.1) is 11.9 Å². The van der Waals surface area contributed by atoms with Crippen molar-refractivity contribution in [3.63, 3.8) is 0 Å². The molecule has 3 nitrogen and oxygen atoms in total. The van der Waals surface area contributed by atoms with Gasteiger partial charge in [0.2, 0.25) is 0 Å². The minimum atomic E-state index is 0.237. The Labute approximate surface area is 137 Å².